The minimum Gasteiger partial charge on any atom is -0.466 e. The highest BCUT2D eigenvalue weighted by atomic mass is 16.4. The Bertz CT molecular complexity index is 477. The molecule has 0 saturated carbocycles. The number of amidine groups is 1. The van der Waals surface area contributed by atoms with Crippen molar-refractivity contribution in [3.63, 3.8) is 0 Å². The van der Waals surface area contributed by atoms with Gasteiger partial charge in [-0.25, -0.2) is 0 Å². The minimum atomic E-state index is -0.489. The molecule has 1 amide bonds. The Labute approximate surface area is 106 Å². The molecule has 1 heterocycles. The third-order valence-electron chi connectivity index (χ3n) is 2.97. The molecule has 1 aromatic rings. The predicted octanol–water partition coefficient (Wildman–Crippen LogP) is 1.46. The number of hydrogen-bond acceptors (Lipinski definition) is 4. The van der Waals surface area contributed by atoms with Crippen molar-refractivity contribution in [2.75, 3.05) is 0 Å². The molecule has 0 aliphatic rings. The third kappa shape index (κ3) is 2.64. The summed E-state index contributed by atoms with van der Waals surface area (Å²) in [5.41, 5.74) is 6.81. The number of amides is 1. The van der Waals surface area contributed by atoms with Crippen LogP contribution in [0.5, 0.6) is 0 Å². The highest BCUT2D eigenvalue weighted by Gasteiger charge is 2.22. The Kier molecular flexibility index (Phi) is 4.36. The van der Waals surface area contributed by atoms with E-state index in [1.807, 2.05) is 13.8 Å². The minimum absolute atomic E-state index is 0.0126. The van der Waals surface area contributed by atoms with Crippen molar-refractivity contribution in [3.8, 4) is 0 Å². The second-order valence-corrected chi connectivity index (χ2v) is 4.17. The maximum absolute atomic E-state index is 12.1. The van der Waals surface area contributed by atoms with Crippen molar-refractivity contribution < 1.29 is 14.4 Å². The van der Waals surface area contributed by atoms with Crippen molar-refractivity contribution >= 4 is 11.7 Å². The second kappa shape index (κ2) is 5.57. The van der Waals surface area contributed by atoms with Gasteiger partial charge in [-0.2, -0.15) is 0 Å². The van der Waals surface area contributed by atoms with E-state index in [0.717, 1.165) is 11.3 Å². The predicted molar refractivity (Wildman–Crippen MR) is 67.9 cm³/mol. The van der Waals surface area contributed by atoms with Gasteiger partial charge in [-0.3, -0.25) is 4.79 Å². The number of nitrogens with two attached hydrogens (primary N) is 1. The SMILES string of the molecule is CCC(NC(=O)c1c(C)oc(C)c1C)/C(N)=N/O. The van der Waals surface area contributed by atoms with Gasteiger partial charge in [0.2, 0.25) is 0 Å². The van der Waals surface area contributed by atoms with Crippen LogP contribution in [-0.4, -0.2) is 23.0 Å². The van der Waals surface area contributed by atoms with E-state index in [9.17, 15) is 4.79 Å². The summed E-state index contributed by atoms with van der Waals surface area (Å²) in [7, 11) is 0. The van der Waals surface area contributed by atoms with Crippen LogP contribution in [0, 0.1) is 20.8 Å². The first kappa shape index (κ1) is 14.1. The molecule has 0 aliphatic carbocycles. The van der Waals surface area contributed by atoms with Crippen LogP contribution in [0.3, 0.4) is 0 Å². The fraction of sp³-hybridized carbons (Fsp3) is 0.500. The van der Waals surface area contributed by atoms with Crippen LogP contribution >= 0.6 is 0 Å². The Hall–Kier alpha value is -1.98. The Morgan fingerprint density at radius 1 is 1.44 bits per heavy atom. The average molecular weight is 253 g/mol. The van der Waals surface area contributed by atoms with Gasteiger partial charge in [-0.15, -0.1) is 0 Å². The van der Waals surface area contributed by atoms with Crippen LogP contribution in [0.15, 0.2) is 9.57 Å². The quantitative estimate of drug-likeness (QED) is 0.327. The molecular formula is C12H19N3O3. The zero-order valence-electron chi connectivity index (χ0n) is 11.1. The molecule has 1 rings (SSSR count). The summed E-state index contributed by atoms with van der Waals surface area (Å²) in [6.07, 6.45) is 0.538. The highest BCUT2D eigenvalue weighted by molar-refractivity contribution is 6.00. The smallest absolute Gasteiger partial charge is 0.255 e. The first-order valence-electron chi connectivity index (χ1n) is 5.77. The molecule has 0 aromatic carbocycles. The van der Waals surface area contributed by atoms with E-state index < -0.39 is 6.04 Å². The molecule has 6 heteroatoms. The lowest BCUT2D eigenvalue weighted by Gasteiger charge is -2.15. The molecule has 18 heavy (non-hydrogen) atoms. The molecule has 100 valence electrons. The van der Waals surface area contributed by atoms with E-state index in [4.69, 9.17) is 15.4 Å². The van der Waals surface area contributed by atoms with Crippen molar-refractivity contribution in [1.82, 2.24) is 5.32 Å². The Morgan fingerprint density at radius 2 is 2.06 bits per heavy atom. The molecular weight excluding hydrogens is 234 g/mol. The van der Waals surface area contributed by atoms with Gasteiger partial charge in [0, 0.05) is 5.56 Å². The van der Waals surface area contributed by atoms with E-state index >= 15 is 0 Å². The molecule has 1 atom stereocenters. The van der Waals surface area contributed by atoms with Gasteiger partial charge in [0.25, 0.3) is 5.91 Å². The summed E-state index contributed by atoms with van der Waals surface area (Å²) in [4.78, 5) is 12.1. The zero-order chi connectivity index (χ0) is 13.9. The molecule has 0 bridgehead atoms. The normalized spacial score (nSPS) is 13.4. The van der Waals surface area contributed by atoms with Gasteiger partial charge in [0.1, 0.15) is 11.5 Å². The van der Waals surface area contributed by atoms with Gasteiger partial charge < -0.3 is 20.7 Å². The van der Waals surface area contributed by atoms with E-state index in [-0.39, 0.29) is 11.7 Å². The topological polar surface area (TPSA) is 101 Å². The fourth-order valence-corrected chi connectivity index (χ4v) is 1.81. The van der Waals surface area contributed by atoms with Crippen LogP contribution in [0.25, 0.3) is 0 Å². The maximum Gasteiger partial charge on any atom is 0.255 e. The van der Waals surface area contributed by atoms with E-state index in [2.05, 4.69) is 10.5 Å². The molecule has 0 fully saturated rings. The van der Waals surface area contributed by atoms with Crippen LogP contribution in [0.4, 0.5) is 0 Å². The van der Waals surface area contributed by atoms with Crippen molar-refractivity contribution in [2.24, 2.45) is 10.9 Å². The Morgan fingerprint density at radius 3 is 2.44 bits per heavy atom. The van der Waals surface area contributed by atoms with Crippen LogP contribution in [-0.2, 0) is 0 Å². The summed E-state index contributed by atoms with van der Waals surface area (Å²) in [5.74, 6) is 0.994. The number of carbonyl (C=O) groups excluding carboxylic acids is 1. The molecule has 1 aromatic heterocycles. The highest BCUT2D eigenvalue weighted by Crippen LogP contribution is 2.20. The van der Waals surface area contributed by atoms with Crippen LogP contribution < -0.4 is 11.1 Å². The van der Waals surface area contributed by atoms with Crippen LogP contribution in [0.2, 0.25) is 0 Å². The van der Waals surface area contributed by atoms with Crippen LogP contribution in [0.1, 0.15) is 40.8 Å². The first-order valence-corrected chi connectivity index (χ1v) is 5.77. The maximum atomic E-state index is 12.1. The fourth-order valence-electron chi connectivity index (χ4n) is 1.81. The molecule has 0 radical (unpaired) electrons. The molecule has 0 aliphatic heterocycles. The lowest BCUT2D eigenvalue weighted by Crippen LogP contribution is -2.44. The summed E-state index contributed by atoms with van der Waals surface area (Å²) >= 11 is 0. The molecule has 0 saturated heterocycles. The summed E-state index contributed by atoms with van der Waals surface area (Å²) in [6.45, 7) is 7.20. The standard InChI is InChI=1S/C12H19N3O3/c1-5-9(11(13)15-17)14-12(16)10-6(2)7(3)18-8(10)4/h9,17H,5H2,1-4H3,(H2,13,15)(H,14,16). The molecule has 0 spiro atoms. The first-order chi connectivity index (χ1) is 8.42. The molecule has 1 unspecified atom stereocenters. The largest absolute Gasteiger partial charge is 0.466 e. The number of nitrogens with one attached hydrogen (secondary N) is 1. The Balaban J connectivity index is 2.95. The average Bonchev–Trinajstić information content (AvgIpc) is 2.59. The van der Waals surface area contributed by atoms with E-state index in [1.165, 1.54) is 0 Å². The van der Waals surface area contributed by atoms with Crippen molar-refractivity contribution in [1.29, 1.82) is 0 Å². The van der Waals surface area contributed by atoms with Gasteiger partial charge in [0.05, 0.1) is 11.6 Å². The third-order valence-corrected chi connectivity index (χ3v) is 2.97. The lowest BCUT2D eigenvalue weighted by atomic mass is 10.1. The zero-order valence-corrected chi connectivity index (χ0v) is 11.1. The number of furan rings is 1. The summed E-state index contributed by atoms with van der Waals surface area (Å²) in [6, 6.07) is -0.489. The number of hydrogen-bond donors (Lipinski definition) is 3. The number of aryl methyl sites for hydroxylation is 2. The number of oxime groups is 1. The number of rotatable bonds is 4. The van der Waals surface area contributed by atoms with Crippen molar-refractivity contribution in [2.45, 2.75) is 40.2 Å². The van der Waals surface area contributed by atoms with Gasteiger partial charge in [0.15, 0.2) is 5.84 Å². The monoisotopic (exact) mass is 253 g/mol. The van der Waals surface area contributed by atoms with Gasteiger partial charge >= 0.3 is 0 Å². The van der Waals surface area contributed by atoms with E-state index in [0.29, 0.717) is 17.7 Å². The van der Waals surface area contributed by atoms with Gasteiger partial charge in [-0.1, -0.05) is 12.1 Å². The number of carbonyl (C=O) groups is 1. The lowest BCUT2D eigenvalue weighted by molar-refractivity contribution is 0.0943. The number of nitrogens with zero attached hydrogens (tertiary/aromatic N) is 1. The van der Waals surface area contributed by atoms with E-state index in [1.54, 1.807) is 13.8 Å². The molecule has 4 N–H and O–H groups in total. The second-order valence-electron chi connectivity index (χ2n) is 4.17. The summed E-state index contributed by atoms with van der Waals surface area (Å²) in [5, 5.41) is 14.3. The summed E-state index contributed by atoms with van der Waals surface area (Å²) < 4.78 is 5.40. The van der Waals surface area contributed by atoms with Crippen molar-refractivity contribution in [3.05, 3.63) is 22.6 Å². The van der Waals surface area contributed by atoms with Gasteiger partial charge in [-0.05, 0) is 27.2 Å². The molecule has 6 nitrogen and oxygen atoms in total.